The average molecular weight is 227 g/mol. The number of benzene rings is 1. The molecule has 5 heteroatoms. The van der Waals surface area contributed by atoms with Crippen LogP contribution in [0.2, 0.25) is 0 Å². The predicted molar refractivity (Wildman–Crippen MR) is 54.9 cm³/mol. The largest absolute Gasteiger partial charge is 0.321 e. The maximum Gasteiger partial charge on any atom is 0.224 e. The van der Waals surface area contributed by atoms with Crippen LogP contribution in [0.1, 0.15) is 19.8 Å². The fourth-order valence-electron chi connectivity index (χ4n) is 1.11. The molecule has 0 aliphatic carbocycles. The minimum atomic E-state index is -0.837. The number of nitrogens with one attached hydrogen (secondary N) is 1. The lowest BCUT2D eigenvalue weighted by molar-refractivity contribution is -0.121. The number of anilines is 1. The highest BCUT2D eigenvalue weighted by atomic mass is 19.1. The van der Waals surface area contributed by atoms with E-state index >= 15 is 0 Å². The molecule has 16 heavy (non-hydrogen) atoms. The lowest BCUT2D eigenvalue weighted by Crippen LogP contribution is -2.14. The smallest absolute Gasteiger partial charge is 0.224 e. The third-order valence-electron chi connectivity index (χ3n) is 1.93. The van der Waals surface area contributed by atoms with E-state index in [9.17, 15) is 18.4 Å². The Morgan fingerprint density at radius 1 is 1.19 bits per heavy atom. The number of para-hydroxylation sites is 1. The molecule has 1 N–H and O–H groups in total. The number of ketones is 1. The van der Waals surface area contributed by atoms with E-state index in [4.69, 9.17) is 0 Å². The van der Waals surface area contributed by atoms with E-state index in [0.717, 1.165) is 12.1 Å². The molecule has 1 rings (SSSR count). The number of hydrogen-bond donors (Lipinski definition) is 1. The first-order valence-electron chi connectivity index (χ1n) is 4.74. The van der Waals surface area contributed by atoms with Gasteiger partial charge in [-0.2, -0.15) is 0 Å². The predicted octanol–water partition coefficient (Wildman–Crippen LogP) is 2.27. The van der Waals surface area contributed by atoms with E-state index in [0.29, 0.717) is 0 Å². The molecule has 0 aromatic heterocycles. The number of halogens is 2. The van der Waals surface area contributed by atoms with Gasteiger partial charge in [0.15, 0.2) is 0 Å². The molecule has 0 saturated carbocycles. The standard InChI is InChI=1S/C11H11F2NO2/c1-7(15)5-6-10(16)14-11-8(12)3-2-4-9(11)13/h2-4H,5-6H2,1H3,(H,14,16). The van der Waals surface area contributed by atoms with Crippen LogP contribution >= 0.6 is 0 Å². The topological polar surface area (TPSA) is 46.2 Å². The first-order valence-corrected chi connectivity index (χ1v) is 4.74. The summed E-state index contributed by atoms with van der Waals surface area (Å²) in [7, 11) is 0. The van der Waals surface area contributed by atoms with E-state index in [1.807, 2.05) is 0 Å². The quantitative estimate of drug-likeness (QED) is 0.857. The molecule has 1 aromatic rings. The Kier molecular flexibility index (Phi) is 4.10. The second-order valence-corrected chi connectivity index (χ2v) is 3.35. The molecule has 0 aliphatic heterocycles. The van der Waals surface area contributed by atoms with E-state index in [1.54, 1.807) is 0 Å². The first-order chi connectivity index (χ1) is 7.50. The highest BCUT2D eigenvalue weighted by Crippen LogP contribution is 2.18. The van der Waals surface area contributed by atoms with Gasteiger partial charge in [0.25, 0.3) is 0 Å². The molecule has 0 fully saturated rings. The van der Waals surface area contributed by atoms with Crippen LogP contribution in [-0.4, -0.2) is 11.7 Å². The van der Waals surface area contributed by atoms with Gasteiger partial charge in [-0.1, -0.05) is 6.07 Å². The van der Waals surface area contributed by atoms with Crippen LogP contribution in [0.5, 0.6) is 0 Å². The van der Waals surface area contributed by atoms with Crippen molar-refractivity contribution in [2.45, 2.75) is 19.8 Å². The van der Waals surface area contributed by atoms with Crippen molar-refractivity contribution in [2.24, 2.45) is 0 Å². The minimum Gasteiger partial charge on any atom is -0.321 e. The van der Waals surface area contributed by atoms with Crippen molar-refractivity contribution in [1.29, 1.82) is 0 Å². The maximum atomic E-state index is 13.1. The van der Waals surface area contributed by atoms with Crippen molar-refractivity contribution in [3.63, 3.8) is 0 Å². The lowest BCUT2D eigenvalue weighted by atomic mass is 10.2. The van der Waals surface area contributed by atoms with Gasteiger partial charge in [0.2, 0.25) is 5.91 Å². The minimum absolute atomic E-state index is 0.0574. The Hall–Kier alpha value is -1.78. The molecule has 0 atom stereocenters. The van der Waals surface area contributed by atoms with Gasteiger partial charge in [0.05, 0.1) is 0 Å². The summed E-state index contributed by atoms with van der Waals surface area (Å²) in [6, 6.07) is 3.29. The van der Waals surface area contributed by atoms with Gasteiger partial charge >= 0.3 is 0 Å². The maximum absolute atomic E-state index is 13.1. The Labute approximate surface area is 91.5 Å². The summed E-state index contributed by atoms with van der Waals surface area (Å²) in [6.45, 7) is 1.34. The van der Waals surface area contributed by atoms with Crippen molar-refractivity contribution in [2.75, 3.05) is 5.32 Å². The molecule has 0 spiro atoms. The zero-order valence-corrected chi connectivity index (χ0v) is 8.72. The van der Waals surface area contributed by atoms with Crippen LogP contribution in [0.15, 0.2) is 18.2 Å². The van der Waals surface area contributed by atoms with Crippen LogP contribution in [0.4, 0.5) is 14.5 Å². The number of rotatable bonds is 4. The second-order valence-electron chi connectivity index (χ2n) is 3.35. The van der Waals surface area contributed by atoms with E-state index in [-0.39, 0.29) is 18.6 Å². The molecule has 1 amide bonds. The first kappa shape index (κ1) is 12.3. The van der Waals surface area contributed by atoms with Gasteiger partial charge in [0.1, 0.15) is 23.1 Å². The highest BCUT2D eigenvalue weighted by Gasteiger charge is 2.11. The average Bonchev–Trinajstić information content (AvgIpc) is 2.21. The molecular formula is C11H11F2NO2. The zero-order valence-electron chi connectivity index (χ0n) is 8.72. The Morgan fingerprint density at radius 3 is 2.25 bits per heavy atom. The molecule has 86 valence electrons. The third kappa shape index (κ3) is 3.42. The van der Waals surface area contributed by atoms with Crippen LogP contribution in [0, 0.1) is 11.6 Å². The summed E-state index contributed by atoms with van der Waals surface area (Å²) >= 11 is 0. The third-order valence-corrected chi connectivity index (χ3v) is 1.93. The molecule has 0 unspecified atom stereocenters. The fraction of sp³-hybridized carbons (Fsp3) is 0.273. The van der Waals surface area contributed by atoms with E-state index < -0.39 is 23.2 Å². The van der Waals surface area contributed by atoms with Crippen LogP contribution in [-0.2, 0) is 9.59 Å². The molecule has 1 aromatic carbocycles. The van der Waals surface area contributed by atoms with Crippen molar-refractivity contribution >= 4 is 17.4 Å². The fourth-order valence-corrected chi connectivity index (χ4v) is 1.11. The van der Waals surface area contributed by atoms with Crippen molar-refractivity contribution in [3.8, 4) is 0 Å². The summed E-state index contributed by atoms with van der Waals surface area (Å²) in [5, 5.41) is 2.09. The molecule has 3 nitrogen and oxygen atoms in total. The summed E-state index contributed by atoms with van der Waals surface area (Å²) in [6.07, 6.45) is -0.0228. The Bertz CT molecular complexity index is 398. The summed E-state index contributed by atoms with van der Waals surface area (Å²) in [4.78, 5) is 21.8. The zero-order chi connectivity index (χ0) is 12.1. The molecule has 0 saturated heterocycles. The van der Waals surface area contributed by atoms with E-state index in [1.165, 1.54) is 13.0 Å². The monoisotopic (exact) mass is 227 g/mol. The van der Waals surface area contributed by atoms with Gasteiger partial charge in [-0.05, 0) is 19.1 Å². The number of Topliss-reactive ketones (excluding diaryl/α,β-unsaturated/α-hetero) is 1. The van der Waals surface area contributed by atoms with Crippen LogP contribution in [0.3, 0.4) is 0 Å². The number of carbonyl (C=O) groups excluding carboxylic acids is 2. The molecular weight excluding hydrogens is 216 g/mol. The molecule has 0 aliphatic rings. The molecule has 0 heterocycles. The Morgan fingerprint density at radius 2 is 1.75 bits per heavy atom. The van der Waals surface area contributed by atoms with Crippen molar-refractivity contribution in [3.05, 3.63) is 29.8 Å². The molecule has 0 bridgehead atoms. The van der Waals surface area contributed by atoms with Gasteiger partial charge in [-0.25, -0.2) is 8.78 Å². The van der Waals surface area contributed by atoms with E-state index in [2.05, 4.69) is 5.32 Å². The Balaban J connectivity index is 2.66. The number of amides is 1. The number of hydrogen-bond acceptors (Lipinski definition) is 2. The van der Waals surface area contributed by atoms with Crippen LogP contribution in [0.25, 0.3) is 0 Å². The normalized spacial score (nSPS) is 9.94. The highest BCUT2D eigenvalue weighted by molar-refractivity contribution is 5.93. The van der Waals surface area contributed by atoms with Crippen LogP contribution < -0.4 is 5.32 Å². The van der Waals surface area contributed by atoms with Gasteiger partial charge in [0, 0.05) is 12.8 Å². The summed E-state index contributed by atoms with van der Waals surface area (Å²) < 4.78 is 26.2. The van der Waals surface area contributed by atoms with Crippen molar-refractivity contribution in [1.82, 2.24) is 0 Å². The van der Waals surface area contributed by atoms with Gasteiger partial charge in [-0.15, -0.1) is 0 Å². The summed E-state index contributed by atoms with van der Waals surface area (Å²) in [5.74, 6) is -2.41. The summed E-state index contributed by atoms with van der Waals surface area (Å²) in [5.41, 5.74) is -0.476. The lowest BCUT2D eigenvalue weighted by Gasteiger charge is -2.06. The molecule has 0 radical (unpaired) electrons. The van der Waals surface area contributed by atoms with Gasteiger partial charge in [-0.3, -0.25) is 4.79 Å². The SMILES string of the molecule is CC(=O)CCC(=O)Nc1c(F)cccc1F. The number of carbonyl (C=O) groups is 2. The second kappa shape index (κ2) is 5.34. The van der Waals surface area contributed by atoms with Crippen molar-refractivity contribution < 1.29 is 18.4 Å². The van der Waals surface area contributed by atoms with Gasteiger partial charge < -0.3 is 10.1 Å².